The Morgan fingerprint density at radius 1 is 0.287 bits per heavy atom. The first-order valence-electron chi connectivity index (χ1n) is 35.2. The van der Waals surface area contributed by atoms with Crippen LogP contribution < -0.4 is 0 Å². The molecule has 0 heterocycles. The van der Waals surface area contributed by atoms with E-state index in [-0.39, 0.29) is 25.7 Å². The molecule has 0 aromatic rings. The van der Waals surface area contributed by atoms with Crippen molar-refractivity contribution in [2.75, 3.05) is 39.6 Å². The summed E-state index contributed by atoms with van der Waals surface area (Å²) in [5.74, 6) is 0.760. The molecule has 17 nitrogen and oxygen atoms in total. The van der Waals surface area contributed by atoms with Crippen molar-refractivity contribution in [2.45, 2.75) is 350 Å². The topological polar surface area (TPSA) is 237 Å². The molecule has 87 heavy (non-hydrogen) atoms. The second-order valence-electron chi connectivity index (χ2n) is 26.5. The second kappa shape index (κ2) is 57.9. The summed E-state index contributed by atoms with van der Waals surface area (Å²) in [5.41, 5.74) is 0. The van der Waals surface area contributed by atoms with Gasteiger partial charge in [-0.25, -0.2) is 9.13 Å². The van der Waals surface area contributed by atoms with E-state index < -0.39 is 97.5 Å². The average molecular weight is 1280 g/mol. The summed E-state index contributed by atoms with van der Waals surface area (Å²) in [6.45, 7) is 14.0. The maximum atomic E-state index is 13.0. The van der Waals surface area contributed by atoms with Crippen LogP contribution in [0.4, 0.5) is 0 Å². The van der Waals surface area contributed by atoms with Crippen molar-refractivity contribution < 1.29 is 80.2 Å². The van der Waals surface area contributed by atoms with E-state index in [1.54, 1.807) is 0 Å². The van der Waals surface area contributed by atoms with Gasteiger partial charge < -0.3 is 33.8 Å². The maximum Gasteiger partial charge on any atom is 0.472 e. The van der Waals surface area contributed by atoms with Crippen LogP contribution in [0.5, 0.6) is 0 Å². The van der Waals surface area contributed by atoms with Crippen molar-refractivity contribution in [3.63, 3.8) is 0 Å². The molecule has 5 atom stereocenters. The Balaban J connectivity index is 5.22. The van der Waals surface area contributed by atoms with Gasteiger partial charge in [-0.15, -0.1) is 0 Å². The second-order valence-corrected chi connectivity index (χ2v) is 29.4. The fraction of sp³-hybridized carbons (Fsp3) is 0.941. The van der Waals surface area contributed by atoms with Crippen LogP contribution in [-0.4, -0.2) is 96.7 Å². The van der Waals surface area contributed by atoms with E-state index in [1.165, 1.54) is 128 Å². The van der Waals surface area contributed by atoms with Crippen molar-refractivity contribution >= 4 is 39.5 Å². The van der Waals surface area contributed by atoms with Gasteiger partial charge in [-0.05, 0) is 49.4 Å². The Labute approximate surface area is 530 Å². The predicted molar refractivity (Wildman–Crippen MR) is 349 cm³/mol. The molecule has 3 N–H and O–H groups in total. The number of esters is 4. The molecule has 0 saturated heterocycles. The quantitative estimate of drug-likeness (QED) is 0.0222. The van der Waals surface area contributed by atoms with Gasteiger partial charge in [-0.2, -0.15) is 0 Å². The van der Waals surface area contributed by atoms with E-state index in [0.717, 1.165) is 108 Å². The smallest absolute Gasteiger partial charge is 0.462 e. The Hall–Kier alpha value is -1.94. The zero-order valence-electron chi connectivity index (χ0n) is 56.6. The van der Waals surface area contributed by atoms with Gasteiger partial charge in [0.25, 0.3) is 0 Å². The fourth-order valence-electron chi connectivity index (χ4n) is 10.1. The molecule has 0 aromatic carbocycles. The zero-order chi connectivity index (χ0) is 64.7. The molecule has 0 spiro atoms. The molecular weight excluding hydrogens is 1150 g/mol. The Bertz CT molecular complexity index is 1730. The number of rotatable bonds is 65. The molecule has 2 unspecified atom stereocenters. The molecule has 0 rings (SSSR count). The summed E-state index contributed by atoms with van der Waals surface area (Å²) < 4.78 is 68.1. The standard InChI is InChI=1S/C68H132O17P2/c1-58(2)44-36-28-20-15-13-11-9-10-12-14-16-24-34-42-50-67(72)84-63(54-78-65(70)48-40-32-23-18-17-21-29-37-45-59(3)4)56-82-86(74,75)80-52-62(69)53-81-87(76,77)83-57-64(55-79-66(71)49-41-33-27-26-31-39-47-61(7)8)85-68(73)51-43-35-25-19-22-30-38-46-60(5)6/h58-64,69H,9-57H2,1-8H3,(H,74,75)(H,76,77)/t62-,63-,64-/m1/s1. The number of hydrogen-bond donors (Lipinski definition) is 3. The summed E-state index contributed by atoms with van der Waals surface area (Å²) in [5, 5.41) is 10.6. The minimum absolute atomic E-state index is 0.102. The van der Waals surface area contributed by atoms with Crippen LogP contribution in [0.3, 0.4) is 0 Å². The van der Waals surface area contributed by atoms with Crippen molar-refractivity contribution in [3.05, 3.63) is 0 Å². The van der Waals surface area contributed by atoms with Gasteiger partial charge in [-0.1, -0.05) is 280 Å². The monoisotopic (exact) mass is 1280 g/mol. The highest BCUT2D eigenvalue weighted by molar-refractivity contribution is 7.47. The molecule has 0 saturated carbocycles. The van der Waals surface area contributed by atoms with Gasteiger partial charge in [0, 0.05) is 25.7 Å². The highest BCUT2D eigenvalue weighted by Crippen LogP contribution is 2.45. The predicted octanol–water partition coefficient (Wildman–Crippen LogP) is 18.9. The first kappa shape index (κ1) is 85.1. The lowest BCUT2D eigenvalue weighted by atomic mass is 10.0. The summed E-state index contributed by atoms with van der Waals surface area (Å²) in [6, 6.07) is 0. The van der Waals surface area contributed by atoms with E-state index in [0.29, 0.717) is 37.5 Å². The molecule has 0 bridgehead atoms. The lowest BCUT2D eigenvalue weighted by Crippen LogP contribution is -2.30. The van der Waals surface area contributed by atoms with E-state index in [9.17, 15) is 43.2 Å². The molecular formula is C68H132O17P2. The van der Waals surface area contributed by atoms with Crippen molar-refractivity contribution in [2.24, 2.45) is 23.7 Å². The number of hydrogen-bond acceptors (Lipinski definition) is 15. The number of phosphoric acid groups is 2. The van der Waals surface area contributed by atoms with Gasteiger partial charge in [0.05, 0.1) is 26.4 Å². The first-order chi connectivity index (χ1) is 41.6. The summed E-state index contributed by atoms with van der Waals surface area (Å²) >= 11 is 0. The molecule has 0 fully saturated rings. The van der Waals surface area contributed by atoms with Gasteiger partial charge >= 0.3 is 39.5 Å². The minimum atomic E-state index is -4.95. The molecule has 19 heteroatoms. The van der Waals surface area contributed by atoms with Crippen LogP contribution in [0.25, 0.3) is 0 Å². The minimum Gasteiger partial charge on any atom is -0.462 e. The molecule has 0 amide bonds. The highest BCUT2D eigenvalue weighted by atomic mass is 31.2. The van der Waals surface area contributed by atoms with E-state index in [4.69, 9.17) is 37.0 Å². The van der Waals surface area contributed by atoms with Gasteiger partial charge in [-0.3, -0.25) is 37.3 Å². The van der Waals surface area contributed by atoms with Crippen molar-refractivity contribution in [1.29, 1.82) is 0 Å². The SMILES string of the molecule is CC(C)CCCCCCCCCCCCCCCCC(=O)O[C@H](COC(=O)CCCCCCCCCCC(C)C)COP(=O)(O)OC[C@@H](O)COP(=O)(O)OC[C@@H](COC(=O)CCCCCCCCC(C)C)OC(=O)CCCCCCCCCC(C)C. The number of aliphatic hydroxyl groups excluding tert-OH is 1. The van der Waals surface area contributed by atoms with Crippen LogP contribution in [0.15, 0.2) is 0 Å². The lowest BCUT2D eigenvalue weighted by molar-refractivity contribution is -0.161. The number of unbranched alkanes of at least 4 members (excludes halogenated alkanes) is 31. The number of aliphatic hydroxyl groups is 1. The van der Waals surface area contributed by atoms with Gasteiger partial charge in [0.1, 0.15) is 19.3 Å². The van der Waals surface area contributed by atoms with Crippen LogP contribution in [0, 0.1) is 23.7 Å². The molecule has 0 aliphatic carbocycles. The third-order valence-corrected chi connectivity index (χ3v) is 17.5. The third kappa shape index (κ3) is 62.6. The molecule has 0 aromatic heterocycles. The molecule has 0 aliphatic heterocycles. The average Bonchev–Trinajstić information content (AvgIpc) is 3.55. The van der Waals surface area contributed by atoms with Crippen molar-refractivity contribution in [1.82, 2.24) is 0 Å². The number of carbonyl (C=O) groups excluding carboxylic acids is 4. The zero-order valence-corrected chi connectivity index (χ0v) is 58.4. The fourth-order valence-corrected chi connectivity index (χ4v) is 11.7. The highest BCUT2D eigenvalue weighted by Gasteiger charge is 2.30. The van der Waals surface area contributed by atoms with Crippen LogP contribution in [0.1, 0.15) is 331 Å². The Kier molecular flexibility index (Phi) is 56.6. The number of carbonyl (C=O) groups is 4. The Morgan fingerprint density at radius 3 is 0.713 bits per heavy atom. The first-order valence-corrected chi connectivity index (χ1v) is 38.2. The van der Waals surface area contributed by atoms with Crippen LogP contribution >= 0.6 is 15.6 Å². The van der Waals surface area contributed by atoms with Gasteiger partial charge in [0.2, 0.25) is 0 Å². The van der Waals surface area contributed by atoms with Gasteiger partial charge in [0.15, 0.2) is 12.2 Å². The molecule has 0 aliphatic rings. The summed E-state index contributed by atoms with van der Waals surface area (Å²) in [6.07, 6.45) is 39.3. The largest absolute Gasteiger partial charge is 0.472 e. The van der Waals surface area contributed by atoms with E-state index in [2.05, 4.69) is 55.4 Å². The van der Waals surface area contributed by atoms with E-state index in [1.807, 2.05) is 0 Å². The molecule has 516 valence electrons. The summed E-state index contributed by atoms with van der Waals surface area (Å²) in [7, 11) is -9.90. The van der Waals surface area contributed by atoms with Crippen LogP contribution in [-0.2, 0) is 65.4 Å². The van der Waals surface area contributed by atoms with Crippen molar-refractivity contribution in [3.8, 4) is 0 Å². The maximum absolute atomic E-state index is 13.0. The third-order valence-electron chi connectivity index (χ3n) is 15.6. The normalized spacial score (nSPS) is 14.3. The summed E-state index contributed by atoms with van der Waals surface area (Å²) in [4.78, 5) is 72.3. The Morgan fingerprint density at radius 2 is 0.483 bits per heavy atom. The van der Waals surface area contributed by atoms with Crippen LogP contribution in [0.2, 0.25) is 0 Å². The number of phosphoric ester groups is 2. The molecule has 0 radical (unpaired) electrons. The lowest BCUT2D eigenvalue weighted by Gasteiger charge is -2.21. The van der Waals surface area contributed by atoms with E-state index >= 15 is 0 Å². The number of ether oxygens (including phenoxy) is 4.